The van der Waals surface area contributed by atoms with Gasteiger partial charge in [-0.1, -0.05) is 0 Å². The lowest BCUT2D eigenvalue weighted by Crippen LogP contribution is -2.52. The summed E-state index contributed by atoms with van der Waals surface area (Å²) >= 11 is 0. The van der Waals surface area contributed by atoms with Gasteiger partial charge >= 0.3 is 0 Å². The molecular formula is C12H24N2O4. The lowest BCUT2D eigenvalue weighted by Gasteiger charge is -2.34. The number of hydrogen-bond donors (Lipinski definition) is 3. The highest BCUT2D eigenvalue weighted by atomic mass is 16.5. The molecule has 0 aliphatic carbocycles. The molecule has 106 valence electrons. The number of methoxy groups -OCH3 is 1. The van der Waals surface area contributed by atoms with Gasteiger partial charge in [0, 0.05) is 19.7 Å². The smallest absolute Gasteiger partial charge is 0.109 e. The molecule has 2 aliphatic heterocycles. The molecule has 6 heteroatoms. The summed E-state index contributed by atoms with van der Waals surface area (Å²) in [6, 6.07) is 0.180. The number of hydrogen-bond acceptors (Lipinski definition) is 6. The van der Waals surface area contributed by atoms with E-state index in [9.17, 15) is 10.2 Å². The van der Waals surface area contributed by atoms with Crippen LogP contribution in [0.2, 0.25) is 0 Å². The largest absolute Gasteiger partial charge is 0.394 e. The summed E-state index contributed by atoms with van der Waals surface area (Å²) in [5.74, 6) is 0. The predicted molar refractivity (Wildman–Crippen MR) is 66.2 cm³/mol. The van der Waals surface area contributed by atoms with E-state index in [0.717, 1.165) is 19.4 Å². The van der Waals surface area contributed by atoms with Crippen LogP contribution in [0.3, 0.4) is 0 Å². The molecule has 0 aromatic rings. The summed E-state index contributed by atoms with van der Waals surface area (Å²) in [6.07, 6.45) is 0.749. The normalized spacial score (nSPS) is 41.7. The number of nitrogens with two attached hydrogens (primary N) is 1. The van der Waals surface area contributed by atoms with Gasteiger partial charge in [-0.15, -0.1) is 0 Å². The molecule has 2 fully saturated rings. The molecule has 0 bridgehead atoms. The Hall–Kier alpha value is -0.240. The fourth-order valence-corrected chi connectivity index (χ4v) is 3.20. The van der Waals surface area contributed by atoms with Gasteiger partial charge in [0.2, 0.25) is 0 Å². The summed E-state index contributed by atoms with van der Waals surface area (Å²) < 4.78 is 10.8. The second-order valence-corrected chi connectivity index (χ2v) is 5.10. The van der Waals surface area contributed by atoms with Crippen molar-refractivity contribution in [3.05, 3.63) is 0 Å². The van der Waals surface area contributed by atoms with E-state index in [0.29, 0.717) is 19.2 Å². The molecule has 0 radical (unpaired) electrons. The second-order valence-electron chi connectivity index (χ2n) is 5.10. The van der Waals surface area contributed by atoms with Crippen molar-refractivity contribution in [3.63, 3.8) is 0 Å². The molecule has 0 saturated carbocycles. The Kier molecular flexibility index (Phi) is 4.94. The van der Waals surface area contributed by atoms with Crippen LogP contribution in [0.1, 0.15) is 12.8 Å². The number of aliphatic hydroxyl groups excluding tert-OH is 2. The lowest BCUT2D eigenvalue weighted by atomic mass is 10.0. The summed E-state index contributed by atoms with van der Waals surface area (Å²) in [5, 5.41) is 19.5. The van der Waals surface area contributed by atoms with Gasteiger partial charge in [-0.2, -0.15) is 0 Å². The van der Waals surface area contributed by atoms with Crippen LogP contribution in [0.5, 0.6) is 0 Å². The first-order valence-corrected chi connectivity index (χ1v) is 6.62. The Morgan fingerprint density at radius 1 is 1.44 bits per heavy atom. The molecule has 0 amide bonds. The zero-order chi connectivity index (χ0) is 13.1. The predicted octanol–water partition coefficient (Wildman–Crippen LogP) is -1.45. The van der Waals surface area contributed by atoms with E-state index >= 15 is 0 Å². The maximum absolute atomic E-state index is 10.3. The van der Waals surface area contributed by atoms with Gasteiger partial charge in [-0.25, -0.2) is 0 Å². The Balaban J connectivity index is 2.09. The van der Waals surface area contributed by atoms with Crippen LogP contribution in [0.4, 0.5) is 0 Å². The van der Waals surface area contributed by atoms with E-state index in [-0.39, 0.29) is 18.8 Å². The molecule has 2 rings (SSSR count). The molecule has 2 heterocycles. The van der Waals surface area contributed by atoms with E-state index in [1.807, 2.05) is 0 Å². The first-order chi connectivity index (χ1) is 8.72. The quantitative estimate of drug-likeness (QED) is 0.560. The Bertz CT molecular complexity index is 264. The highest BCUT2D eigenvalue weighted by Gasteiger charge is 2.48. The van der Waals surface area contributed by atoms with E-state index in [1.165, 1.54) is 0 Å². The molecule has 4 N–H and O–H groups in total. The monoisotopic (exact) mass is 260 g/mol. The highest BCUT2D eigenvalue weighted by molar-refractivity contribution is 5.00. The minimum absolute atomic E-state index is 0.130. The van der Waals surface area contributed by atoms with Gasteiger partial charge < -0.3 is 25.4 Å². The van der Waals surface area contributed by atoms with E-state index in [1.54, 1.807) is 7.11 Å². The summed E-state index contributed by atoms with van der Waals surface area (Å²) in [6.45, 7) is 1.77. The molecule has 0 spiro atoms. The Labute approximate surface area is 108 Å². The topological polar surface area (TPSA) is 88.2 Å². The molecule has 0 aromatic heterocycles. The average Bonchev–Trinajstić information content (AvgIpc) is 2.93. The van der Waals surface area contributed by atoms with Gasteiger partial charge in [0.25, 0.3) is 0 Å². The third-order valence-electron chi connectivity index (χ3n) is 4.04. The van der Waals surface area contributed by atoms with Crippen LogP contribution in [0, 0.1) is 0 Å². The van der Waals surface area contributed by atoms with Crippen molar-refractivity contribution < 1.29 is 19.7 Å². The van der Waals surface area contributed by atoms with Crippen LogP contribution in [-0.2, 0) is 9.47 Å². The summed E-state index contributed by atoms with van der Waals surface area (Å²) in [4.78, 5) is 2.24. The molecule has 5 atom stereocenters. The number of likely N-dealkylation sites (tertiary alicyclic amines) is 1. The number of ether oxygens (including phenoxy) is 2. The van der Waals surface area contributed by atoms with Crippen molar-refractivity contribution in [3.8, 4) is 0 Å². The van der Waals surface area contributed by atoms with E-state index < -0.39 is 12.2 Å². The molecule has 6 nitrogen and oxygen atoms in total. The Morgan fingerprint density at radius 3 is 2.83 bits per heavy atom. The minimum atomic E-state index is -0.680. The van der Waals surface area contributed by atoms with Crippen molar-refractivity contribution in [1.29, 1.82) is 0 Å². The first kappa shape index (κ1) is 14.2. The van der Waals surface area contributed by atoms with Crippen LogP contribution in [0.15, 0.2) is 0 Å². The maximum Gasteiger partial charge on any atom is 0.109 e. The standard InChI is InChI=1S/C12H24N2O4/c1-17-7-8-3-2-4-14(8)11-9(5-13)18-10(6-15)12(11)16/h8-12,15-16H,2-7,13H2,1H3/t8-,9-,10+,11+,12-/m0/s1. The Morgan fingerprint density at radius 2 is 2.22 bits per heavy atom. The number of rotatable bonds is 5. The fourth-order valence-electron chi connectivity index (χ4n) is 3.20. The molecule has 2 aliphatic rings. The van der Waals surface area contributed by atoms with Gasteiger partial charge in [0.1, 0.15) is 12.2 Å². The van der Waals surface area contributed by atoms with Crippen LogP contribution in [-0.4, -0.2) is 78.9 Å². The van der Waals surface area contributed by atoms with Crippen LogP contribution in [0.25, 0.3) is 0 Å². The number of aliphatic hydroxyl groups is 2. The van der Waals surface area contributed by atoms with Crippen molar-refractivity contribution in [2.45, 2.75) is 43.2 Å². The maximum atomic E-state index is 10.3. The molecular weight excluding hydrogens is 236 g/mol. The minimum Gasteiger partial charge on any atom is -0.394 e. The number of nitrogens with zero attached hydrogens (tertiary/aromatic N) is 1. The molecule has 0 unspecified atom stereocenters. The third kappa shape index (κ3) is 2.54. The average molecular weight is 260 g/mol. The van der Waals surface area contributed by atoms with Crippen LogP contribution < -0.4 is 5.73 Å². The summed E-state index contributed by atoms with van der Waals surface area (Å²) in [5.41, 5.74) is 5.71. The SMILES string of the molecule is COC[C@@H]1CCCN1[C@H]1[C@@H](O)[C@@H](CO)O[C@H]1CN. The van der Waals surface area contributed by atoms with Gasteiger partial charge in [0.15, 0.2) is 0 Å². The van der Waals surface area contributed by atoms with Crippen molar-refractivity contribution in [2.24, 2.45) is 5.73 Å². The van der Waals surface area contributed by atoms with E-state index in [2.05, 4.69) is 4.90 Å². The van der Waals surface area contributed by atoms with Crippen molar-refractivity contribution in [2.75, 3.05) is 33.4 Å². The van der Waals surface area contributed by atoms with Gasteiger partial charge in [0.05, 0.1) is 25.4 Å². The second kappa shape index (κ2) is 6.27. The fraction of sp³-hybridized carbons (Fsp3) is 1.00. The summed E-state index contributed by atoms with van der Waals surface area (Å²) in [7, 11) is 1.69. The van der Waals surface area contributed by atoms with Gasteiger partial charge in [-0.3, -0.25) is 4.90 Å². The van der Waals surface area contributed by atoms with Crippen LogP contribution >= 0.6 is 0 Å². The van der Waals surface area contributed by atoms with Crippen molar-refractivity contribution >= 4 is 0 Å². The van der Waals surface area contributed by atoms with Crippen molar-refractivity contribution in [1.82, 2.24) is 4.90 Å². The van der Waals surface area contributed by atoms with E-state index in [4.69, 9.17) is 15.2 Å². The first-order valence-electron chi connectivity index (χ1n) is 6.62. The highest BCUT2D eigenvalue weighted by Crippen LogP contribution is 2.31. The third-order valence-corrected chi connectivity index (χ3v) is 4.04. The lowest BCUT2D eigenvalue weighted by molar-refractivity contribution is -0.0193. The molecule has 18 heavy (non-hydrogen) atoms. The zero-order valence-electron chi connectivity index (χ0n) is 10.9. The van der Waals surface area contributed by atoms with Gasteiger partial charge in [-0.05, 0) is 19.4 Å². The molecule has 0 aromatic carbocycles. The molecule has 2 saturated heterocycles. The zero-order valence-corrected chi connectivity index (χ0v) is 10.9.